The highest BCUT2D eigenvalue weighted by Gasteiger charge is 2.25. The van der Waals surface area contributed by atoms with E-state index in [0.29, 0.717) is 6.04 Å². The Labute approximate surface area is 137 Å². The number of hydrogen-bond donors (Lipinski definition) is 1. The van der Waals surface area contributed by atoms with Gasteiger partial charge in [0.05, 0.1) is 11.9 Å². The Morgan fingerprint density at radius 2 is 2.00 bits per heavy atom. The van der Waals surface area contributed by atoms with Gasteiger partial charge < -0.3 is 5.32 Å². The van der Waals surface area contributed by atoms with Crippen molar-refractivity contribution < 1.29 is 0 Å². The molecular formula is C18H25N5. The van der Waals surface area contributed by atoms with E-state index in [4.69, 9.17) is 4.98 Å². The van der Waals surface area contributed by atoms with Crippen LogP contribution in [0.25, 0.3) is 11.3 Å². The Morgan fingerprint density at radius 1 is 1.17 bits per heavy atom. The van der Waals surface area contributed by atoms with Crippen molar-refractivity contribution in [2.45, 2.75) is 57.4 Å². The van der Waals surface area contributed by atoms with Crippen LogP contribution < -0.4 is 5.32 Å². The molecule has 5 nitrogen and oxygen atoms in total. The SMILES string of the molecule is Cn1ncc(-c2ccnc(NC3CCCCC3)n2)c1CC1CC1. The van der Waals surface area contributed by atoms with E-state index < -0.39 is 0 Å². The molecule has 2 saturated carbocycles. The summed E-state index contributed by atoms with van der Waals surface area (Å²) < 4.78 is 2.00. The molecule has 2 aliphatic carbocycles. The minimum atomic E-state index is 0.527. The molecule has 0 amide bonds. The molecule has 0 aliphatic heterocycles. The highest BCUT2D eigenvalue weighted by atomic mass is 15.3. The van der Waals surface area contributed by atoms with Gasteiger partial charge >= 0.3 is 0 Å². The summed E-state index contributed by atoms with van der Waals surface area (Å²) in [5, 5.41) is 7.98. The smallest absolute Gasteiger partial charge is 0.223 e. The van der Waals surface area contributed by atoms with Gasteiger partial charge in [0.15, 0.2) is 0 Å². The first kappa shape index (κ1) is 14.7. The normalized spacial score (nSPS) is 19.0. The molecule has 0 saturated heterocycles. The van der Waals surface area contributed by atoms with Crippen LogP contribution in [0.15, 0.2) is 18.5 Å². The number of anilines is 1. The zero-order chi connectivity index (χ0) is 15.6. The highest BCUT2D eigenvalue weighted by Crippen LogP contribution is 2.35. The minimum Gasteiger partial charge on any atom is -0.351 e. The lowest BCUT2D eigenvalue weighted by Crippen LogP contribution is -2.23. The van der Waals surface area contributed by atoms with Crippen LogP contribution >= 0.6 is 0 Å². The quantitative estimate of drug-likeness (QED) is 0.917. The molecule has 2 aromatic rings. The molecule has 2 heterocycles. The first-order chi connectivity index (χ1) is 11.3. The lowest BCUT2D eigenvalue weighted by Gasteiger charge is -2.22. The Hall–Kier alpha value is -1.91. The van der Waals surface area contributed by atoms with E-state index in [1.807, 2.05) is 30.2 Å². The summed E-state index contributed by atoms with van der Waals surface area (Å²) in [6.45, 7) is 0. The summed E-state index contributed by atoms with van der Waals surface area (Å²) in [6, 6.07) is 2.53. The van der Waals surface area contributed by atoms with E-state index in [2.05, 4.69) is 15.4 Å². The molecule has 1 N–H and O–H groups in total. The summed E-state index contributed by atoms with van der Waals surface area (Å²) in [5.41, 5.74) is 3.45. The number of aryl methyl sites for hydroxylation is 1. The Bertz CT molecular complexity index is 668. The molecule has 5 heteroatoms. The number of hydrogen-bond acceptors (Lipinski definition) is 4. The maximum Gasteiger partial charge on any atom is 0.223 e. The lowest BCUT2D eigenvalue weighted by molar-refractivity contribution is 0.461. The third kappa shape index (κ3) is 3.38. The third-order valence-electron chi connectivity index (χ3n) is 5.11. The minimum absolute atomic E-state index is 0.527. The van der Waals surface area contributed by atoms with E-state index in [1.54, 1.807) is 0 Å². The van der Waals surface area contributed by atoms with Gasteiger partial charge in [-0.25, -0.2) is 9.97 Å². The first-order valence-electron chi connectivity index (χ1n) is 8.90. The van der Waals surface area contributed by atoms with E-state index in [9.17, 15) is 0 Å². The lowest BCUT2D eigenvalue weighted by atomic mass is 9.96. The maximum absolute atomic E-state index is 4.76. The fraction of sp³-hybridized carbons (Fsp3) is 0.611. The van der Waals surface area contributed by atoms with E-state index in [1.165, 1.54) is 50.6 Å². The molecule has 4 rings (SSSR count). The van der Waals surface area contributed by atoms with Crippen LogP contribution in [0.5, 0.6) is 0 Å². The summed E-state index contributed by atoms with van der Waals surface area (Å²) in [4.78, 5) is 9.18. The second-order valence-electron chi connectivity index (χ2n) is 7.02. The standard InChI is InChI=1S/C18H25N5/c1-23-17(11-13-7-8-13)15(12-20-23)16-9-10-19-18(22-16)21-14-5-3-2-4-6-14/h9-10,12-14H,2-8,11H2,1H3,(H,19,21,22). The molecule has 0 spiro atoms. The van der Waals surface area contributed by atoms with Crippen LogP contribution in [0.1, 0.15) is 50.6 Å². The molecular weight excluding hydrogens is 286 g/mol. The van der Waals surface area contributed by atoms with Crippen molar-refractivity contribution in [3.63, 3.8) is 0 Å². The molecule has 23 heavy (non-hydrogen) atoms. The van der Waals surface area contributed by atoms with Crippen LogP contribution in [0.4, 0.5) is 5.95 Å². The van der Waals surface area contributed by atoms with Gasteiger partial charge in [-0.2, -0.15) is 5.10 Å². The van der Waals surface area contributed by atoms with Crippen LogP contribution in [0.2, 0.25) is 0 Å². The number of nitrogens with zero attached hydrogens (tertiary/aromatic N) is 4. The van der Waals surface area contributed by atoms with Crippen molar-refractivity contribution >= 4 is 5.95 Å². The van der Waals surface area contributed by atoms with E-state index >= 15 is 0 Å². The van der Waals surface area contributed by atoms with Gasteiger partial charge in [0.2, 0.25) is 5.95 Å². The van der Waals surface area contributed by atoms with Gasteiger partial charge in [-0.3, -0.25) is 4.68 Å². The summed E-state index contributed by atoms with van der Waals surface area (Å²) >= 11 is 0. The number of nitrogens with one attached hydrogen (secondary N) is 1. The van der Waals surface area contributed by atoms with Gasteiger partial charge in [-0.15, -0.1) is 0 Å². The van der Waals surface area contributed by atoms with E-state index in [-0.39, 0.29) is 0 Å². The summed E-state index contributed by atoms with van der Waals surface area (Å²) in [5.74, 6) is 1.60. The van der Waals surface area contributed by atoms with Crippen molar-refractivity contribution in [3.05, 3.63) is 24.2 Å². The topological polar surface area (TPSA) is 55.6 Å². The Kier molecular flexibility index (Phi) is 4.02. The highest BCUT2D eigenvalue weighted by molar-refractivity contribution is 5.62. The van der Waals surface area contributed by atoms with E-state index in [0.717, 1.165) is 29.5 Å². The predicted molar refractivity (Wildman–Crippen MR) is 91.2 cm³/mol. The first-order valence-corrected chi connectivity index (χ1v) is 8.90. The van der Waals surface area contributed by atoms with Gasteiger partial charge in [-0.05, 0) is 44.1 Å². The van der Waals surface area contributed by atoms with Crippen molar-refractivity contribution in [3.8, 4) is 11.3 Å². The van der Waals surface area contributed by atoms with Crippen LogP contribution in [0, 0.1) is 5.92 Å². The number of aromatic nitrogens is 4. The Morgan fingerprint density at radius 3 is 2.78 bits per heavy atom. The molecule has 0 bridgehead atoms. The average molecular weight is 311 g/mol. The predicted octanol–water partition coefficient (Wildman–Crippen LogP) is 3.57. The molecule has 2 aliphatic rings. The summed E-state index contributed by atoms with van der Waals surface area (Å²) in [6.07, 6.45) is 14.1. The molecule has 122 valence electrons. The van der Waals surface area contributed by atoms with Crippen LogP contribution in [-0.4, -0.2) is 25.8 Å². The van der Waals surface area contributed by atoms with Crippen molar-refractivity contribution in [1.82, 2.24) is 19.7 Å². The number of rotatable bonds is 5. The van der Waals surface area contributed by atoms with Crippen molar-refractivity contribution in [1.29, 1.82) is 0 Å². The molecule has 2 aromatic heterocycles. The molecule has 0 atom stereocenters. The fourth-order valence-corrected chi connectivity index (χ4v) is 3.52. The molecule has 0 radical (unpaired) electrons. The van der Waals surface area contributed by atoms with Crippen molar-refractivity contribution in [2.24, 2.45) is 13.0 Å². The molecule has 2 fully saturated rings. The van der Waals surface area contributed by atoms with Gasteiger partial charge in [0.1, 0.15) is 0 Å². The molecule has 0 unspecified atom stereocenters. The summed E-state index contributed by atoms with van der Waals surface area (Å²) in [7, 11) is 2.03. The van der Waals surface area contributed by atoms with Crippen molar-refractivity contribution in [2.75, 3.05) is 5.32 Å². The zero-order valence-corrected chi connectivity index (χ0v) is 13.8. The van der Waals surface area contributed by atoms with Crippen LogP contribution in [0.3, 0.4) is 0 Å². The second kappa shape index (κ2) is 6.30. The van der Waals surface area contributed by atoms with Gasteiger partial charge in [-0.1, -0.05) is 19.3 Å². The van der Waals surface area contributed by atoms with Gasteiger partial charge in [0.25, 0.3) is 0 Å². The second-order valence-corrected chi connectivity index (χ2v) is 7.02. The van der Waals surface area contributed by atoms with Crippen LogP contribution in [-0.2, 0) is 13.5 Å². The maximum atomic E-state index is 4.76. The average Bonchev–Trinajstić information content (AvgIpc) is 3.32. The largest absolute Gasteiger partial charge is 0.351 e. The Balaban J connectivity index is 1.55. The molecule has 0 aromatic carbocycles. The monoisotopic (exact) mass is 311 g/mol. The third-order valence-corrected chi connectivity index (χ3v) is 5.11. The fourth-order valence-electron chi connectivity index (χ4n) is 3.52. The zero-order valence-electron chi connectivity index (χ0n) is 13.8. The van der Waals surface area contributed by atoms with Gasteiger partial charge in [0, 0.05) is 30.5 Å².